The molecule has 0 saturated carbocycles. The molecular formula is C10H23NS. The van der Waals surface area contributed by atoms with Crippen molar-refractivity contribution in [2.24, 2.45) is 11.3 Å². The Morgan fingerprint density at radius 1 is 1.33 bits per heavy atom. The van der Waals surface area contributed by atoms with Crippen molar-refractivity contribution >= 4 is 11.8 Å². The summed E-state index contributed by atoms with van der Waals surface area (Å²) in [6.45, 7) is 8.13. The summed E-state index contributed by atoms with van der Waals surface area (Å²) in [7, 11) is 2.04. The lowest BCUT2D eigenvalue weighted by Gasteiger charge is -2.30. The Kier molecular flexibility index (Phi) is 6.02. The van der Waals surface area contributed by atoms with Gasteiger partial charge in [-0.25, -0.2) is 0 Å². The van der Waals surface area contributed by atoms with Crippen molar-refractivity contribution in [3.05, 3.63) is 0 Å². The molecule has 0 aliphatic carbocycles. The molecule has 1 N–H and O–H groups in total. The quantitative estimate of drug-likeness (QED) is 0.713. The van der Waals surface area contributed by atoms with E-state index in [0.29, 0.717) is 5.41 Å². The summed E-state index contributed by atoms with van der Waals surface area (Å²) in [6, 6.07) is 0. The second-order valence-corrected chi connectivity index (χ2v) is 5.39. The zero-order valence-electron chi connectivity index (χ0n) is 9.11. The minimum absolute atomic E-state index is 0.443. The van der Waals surface area contributed by atoms with Crippen molar-refractivity contribution in [3.8, 4) is 0 Å². The van der Waals surface area contributed by atoms with Crippen LogP contribution in [0.4, 0.5) is 0 Å². The van der Waals surface area contributed by atoms with Crippen LogP contribution in [0.1, 0.15) is 27.2 Å². The van der Waals surface area contributed by atoms with Crippen LogP contribution in [0, 0.1) is 11.3 Å². The van der Waals surface area contributed by atoms with Crippen molar-refractivity contribution in [2.75, 3.05) is 25.6 Å². The molecule has 0 radical (unpaired) electrons. The van der Waals surface area contributed by atoms with Crippen molar-refractivity contribution in [3.63, 3.8) is 0 Å². The molecule has 0 heterocycles. The first-order chi connectivity index (χ1) is 5.52. The van der Waals surface area contributed by atoms with E-state index >= 15 is 0 Å². The molecule has 0 aliphatic heterocycles. The second-order valence-electron chi connectivity index (χ2n) is 4.40. The molecule has 1 atom stereocenters. The first-order valence-electron chi connectivity index (χ1n) is 4.66. The van der Waals surface area contributed by atoms with Gasteiger partial charge in [-0.2, -0.15) is 11.8 Å². The lowest BCUT2D eigenvalue weighted by molar-refractivity contribution is 0.231. The first kappa shape index (κ1) is 12.3. The molecule has 0 rings (SSSR count). The van der Waals surface area contributed by atoms with Gasteiger partial charge < -0.3 is 5.32 Å². The molecule has 2 heteroatoms. The van der Waals surface area contributed by atoms with Crippen LogP contribution in [0.3, 0.4) is 0 Å². The Morgan fingerprint density at radius 3 is 2.25 bits per heavy atom. The van der Waals surface area contributed by atoms with Crippen molar-refractivity contribution in [2.45, 2.75) is 27.2 Å². The summed E-state index contributed by atoms with van der Waals surface area (Å²) < 4.78 is 0. The van der Waals surface area contributed by atoms with Crippen LogP contribution < -0.4 is 5.32 Å². The van der Waals surface area contributed by atoms with Gasteiger partial charge in [0.25, 0.3) is 0 Å². The van der Waals surface area contributed by atoms with Gasteiger partial charge in [0.05, 0.1) is 0 Å². The second kappa shape index (κ2) is 5.87. The first-order valence-corrected chi connectivity index (χ1v) is 6.05. The normalized spacial score (nSPS) is 14.8. The topological polar surface area (TPSA) is 12.0 Å². The van der Waals surface area contributed by atoms with E-state index in [2.05, 4.69) is 32.3 Å². The smallest absolute Gasteiger partial charge is 0.00182 e. The molecule has 1 nitrogen and oxygen atoms in total. The van der Waals surface area contributed by atoms with Crippen LogP contribution in [0.25, 0.3) is 0 Å². The van der Waals surface area contributed by atoms with E-state index in [0.717, 1.165) is 12.5 Å². The number of thioether (sulfide) groups is 1. The molecule has 0 bridgehead atoms. The van der Waals surface area contributed by atoms with E-state index < -0.39 is 0 Å². The van der Waals surface area contributed by atoms with Gasteiger partial charge >= 0.3 is 0 Å². The van der Waals surface area contributed by atoms with Gasteiger partial charge in [0.1, 0.15) is 0 Å². The van der Waals surface area contributed by atoms with Crippen LogP contribution in [0.2, 0.25) is 0 Å². The van der Waals surface area contributed by atoms with Crippen LogP contribution >= 0.6 is 11.8 Å². The van der Waals surface area contributed by atoms with Gasteiger partial charge in [-0.3, -0.25) is 0 Å². The van der Waals surface area contributed by atoms with Crippen molar-refractivity contribution in [1.29, 1.82) is 0 Å². The molecule has 0 aliphatic rings. The molecule has 0 spiro atoms. The standard InChI is InChI=1S/C10H23NS/c1-10(2,3)9(8-11-4)6-7-12-5/h9,11H,6-8H2,1-5H3. The summed E-state index contributed by atoms with van der Waals surface area (Å²) >= 11 is 1.94. The minimum atomic E-state index is 0.443. The van der Waals surface area contributed by atoms with E-state index in [1.807, 2.05) is 18.8 Å². The van der Waals surface area contributed by atoms with Crippen molar-refractivity contribution in [1.82, 2.24) is 5.32 Å². The van der Waals surface area contributed by atoms with Crippen LogP contribution in [0.5, 0.6) is 0 Å². The molecule has 74 valence electrons. The minimum Gasteiger partial charge on any atom is -0.319 e. The maximum Gasteiger partial charge on any atom is -0.00182 e. The third kappa shape index (κ3) is 5.04. The summed E-state index contributed by atoms with van der Waals surface area (Å²) in [5.74, 6) is 2.08. The fourth-order valence-corrected chi connectivity index (χ4v) is 1.87. The Hall–Kier alpha value is 0.310. The molecule has 0 aromatic heterocycles. The number of hydrogen-bond acceptors (Lipinski definition) is 2. The predicted octanol–water partition coefficient (Wildman–Crippen LogP) is 2.62. The molecule has 0 aromatic rings. The third-order valence-corrected chi connectivity index (χ3v) is 2.99. The maximum absolute atomic E-state index is 3.27. The van der Waals surface area contributed by atoms with Crippen LogP contribution in [-0.4, -0.2) is 25.6 Å². The average Bonchev–Trinajstić information content (AvgIpc) is 1.95. The number of hydrogen-bond donors (Lipinski definition) is 1. The molecule has 0 aromatic carbocycles. The van der Waals surface area contributed by atoms with E-state index in [4.69, 9.17) is 0 Å². The van der Waals surface area contributed by atoms with Gasteiger partial charge in [0.2, 0.25) is 0 Å². The van der Waals surface area contributed by atoms with Crippen molar-refractivity contribution < 1.29 is 0 Å². The van der Waals surface area contributed by atoms with Gasteiger partial charge in [0, 0.05) is 0 Å². The SMILES string of the molecule is CNCC(CCSC)C(C)(C)C. The lowest BCUT2D eigenvalue weighted by atomic mass is 9.79. The highest BCUT2D eigenvalue weighted by molar-refractivity contribution is 7.98. The van der Waals surface area contributed by atoms with Gasteiger partial charge in [0.15, 0.2) is 0 Å². The highest BCUT2D eigenvalue weighted by Crippen LogP contribution is 2.28. The largest absolute Gasteiger partial charge is 0.319 e. The third-order valence-electron chi connectivity index (χ3n) is 2.35. The van der Waals surface area contributed by atoms with E-state index in [-0.39, 0.29) is 0 Å². The van der Waals surface area contributed by atoms with Gasteiger partial charge in [-0.1, -0.05) is 20.8 Å². The molecule has 1 unspecified atom stereocenters. The maximum atomic E-state index is 3.27. The Balaban J connectivity index is 3.86. The highest BCUT2D eigenvalue weighted by atomic mass is 32.2. The molecule has 0 saturated heterocycles. The summed E-state index contributed by atoms with van der Waals surface area (Å²) in [6.07, 6.45) is 3.50. The van der Waals surface area contributed by atoms with Gasteiger partial charge in [-0.15, -0.1) is 0 Å². The Labute approximate surface area is 81.7 Å². The average molecular weight is 189 g/mol. The zero-order valence-corrected chi connectivity index (χ0v) is 9.92. The van der Waals surface area contributed by atoms with Crippen LogP contribution in [0.15, 0.2) is 0 Å². The molecule has 12 heavy (non-hydrogen) atoms. The Bertz CT molecular complexity index is 107. The fraction of sp³-hybridized carbons (Fsp3) is 1.00. The summed E-state index contributed by atoms with van der Waals surface area (Å²) in [5, 5.41) is 3.27. The predicted molar refractivity (Wildman–Crippen MR) is 59.9 cm³/mol. The molecule has 0 fully saturated rings. The monoisotopic (exact) mass is 189 g/mol. The zero-order chi connectivity index (χ0) is 9.61. The Morgan fingerprint density at radius 2 is 1.92 bits per heavy atom. The lowest BCUT2D eigenvalue weighted by Crippen LogP contribution is -2.30. The summed E-state index contributed by atoms with van der Waals surface area (Å²) in [5.41, 5.74) is 0.443. The van der Waals surface area contributed by atoms with E-state index in [9.17, 15) is 0 Å². The van der Waals surface area contributed by atoms with E-state index in [1.165, 1.54) is 12.2 Å². The number of nitrogens with one attached hydrogen (secondary N) is 1. The fourth-order valence-electron chi connectivity index (χ4n) is 1.35. The molecule has 0 amide bonds. The number of rotatable bonds is 5. The summed E-state index contributed by atoms with van der Waals surface area (Å²) in [4.78, 5) is 0. The highest BCUT2D eigenvalue weighted by Gasteiger charge is 2.22. The van der Waals surface area contributed by atoms with E-state index in [1.54, 1.807) is 0 Å². The van der Waals surface area contributed by atoms with Gasteiger partial charge in [-0.05, 0) is 43.4 Å². The molecular weight excluding hydrogens is 166 g/mol. The van der Waals surface area contributed by atoms with Crippen LogP contribution in [-0.2, 0) is 0 Å².